The molecule has 0 saturated heterocycles. The van der Waals surface area contributed by atoms with Crippen molar-refractivity contribution in [2.75, 3.05) is 0 Å². The molecular formula is C14H28O. The van der Waals surface area contributed by atoms with Crippen molar-refractivity contribution in [1.29, 1.82) is 0 Å². The fourth-order valence-corrected chi connectivity index (χ4v) is 3.26. The highest BCUT2D eigenvalue weighted by Crippen LogP contribution is 2.41. The molecule has 1 aliphatic carbocycles. The minimum absolute atomic E-state index is 0.338. The molecule has 1 saturated carbocycles. The van der Waals surface area contributed by atoms with Crippen LogP contribution in [0.5, 0.6) is 0 Å². The Kier molecular flexibility index (Phi) is 4.64. The van der Waals surface area contributed by atoms with E-state index in [9.17, 15) is 5.11 Å². The highest BCUT2D eigenvalue weighted by atomic mass is 16.3. The molecule has 0 heterocycles. The van der Waals surface area contributed by atoms with Crippen LogP contribution in [0.2, 0.25) is 0 Å². The lowest BCUT2D eigenvalue weighted by Gasteiger charge is -2.42. The molecule has 0 spiro atoms. The molecule has 0 aromatic rings. The first-order valence-electron chi connectivity index (χ1n) is 6.75. The summed E-state index contributed by atoms with van der Waals surface area (Å²) in [5.41, 5.74) is -0.338. The summed E-state index contributed by atoms with van der Waals surface area (Å²) in [6.07, 6.45) is 6.76. The molecule has 0 bridgehead atoms. The van der Waals surface area contributed by atoms with E-state index in [0.29, 0.717) is 5.92 Å². The van der Waals surface area contributed by atoms with Crippen LogP contribution in [0.4, 0.5) is 0 Å². The SMILES string of the molecule is CCC(CC)C1(O)CCC(C(C)C)CC1. The Morgan fingerprint density at radius 1 is 1.13 bits per heavy atom. The highest BCUT2D eigenvalue weighted by Gasteiger charge is 2.38. The summed E-state index contributed by atoms with van der Waals surface area (Å²) in [6, 6.07) is 0. The van der Waals surface area contributed by atoms with Crippen LogP contribution >= 0.6 is 0 Å². The molecule has 1 aliphatic rings. The third-order valence-electron chi connectivity index (χ3n) is 4.58. The molecule has 1 rings (SSSR count). The monoisotopic (exact) mass is 212 g/mol. The van der Waals surface area contributed by atoms with E-state index in [2.05, 4.69) is 27.7 Å². The van der Waals surface area contributed by atoms with Gasteiger partial charge in [-0.25, -0.2) is 0 Å². The van der Waals surface area contributed by atoms with Gasteiger partial charge >= 0.3 is 0 Å². The van der Waals surface area contributed by atoms with Crippen molar-refractivity contribution in [1.82, 2.24) is 0 Å². The van der Waals surface area contributed by atoms with Gasteiger partial charge in [-0.05, 0) is 43.4 Å². The van der Waals surface area contributed by atoms with E-state index in [4.69, 9.17) is 0 Å². The maximum atomic E-state index is 10.6. The lowest BCUT2D eigenvalue weighted by atomic mass is 9.68. The van der Waals surface area contributed by atoms with Gasteiger partial charge in [0.05, 0.1) is 5.60 Å². The van der Waals surface area contributed by atoms with E-state index < -0.39 is 0 Å². The molecule has 1 heteroatoms. The van der Waals surface area contributed by atoms with Crippen molar-refractivity contribution in [3.05, 3.63) is 0 Å². The van der Waals surface area contributed by atoms with Crippen LogP contribution in [-0.2, 0) is 0 Å². The van der Waals surface area contributed by atoms with E-state index in [0.717, 1.165) is 37.5 Å². The standard InChI is InChI=1S/C14H28O/c1-5-13(6-2)14(15)9-7-12(8-10-14)11(3)4/h11-13,15H,5-10H2,1-4H3. The number of hydrogen-bond acceptors (Lipinski definition) is 1. The Morgan fingerprint density at radius 3 is 1.93 bits per heavy atom. The third-order valence-corrected chi connectivity index (χ3v) is 4.58. The summed E-state index contributed by atoms with van der Waals surface area (Å²) in [5, 5.41) is 10.6. The molecular weight excluding hydrogens is 184 g/mol. The third kappa shape index (κ3) is 2.96. The molecule has 0 aromatic carbocycles. The van der Waals surface area contributed by atoms with Crippen molar-refractivity contribution >= 4 is 0 Å². The fourth-order valence-electron chi connectivity index (χ4n) is 3.26. The molecule has 1 N–H and O–H groups in total. The van der Waals surface area contributed by atoms with Crippen molar-refractivity contribution < 1.29 is 5.11 Å². The number of hydrogen-bond donors (Lipinski definition) is 1. The zero-order valence-electron chi connectivity index (χ0n) is 10.9. The molecule has 0 atom stereocenters. The number of rotatable bonds is 4. The van der Waals surface area contributed by atoms with Gasteiger partial charge in [-0.1, -0.05) is 40.5 Å². The van der Waals surface area contributed by atoms with Gasteiger partial charge in [-0.3, -0.25) is 0 Å². The van der Waals surface area contributed by atoms with Crippen LogP contribution in [0.15, 0.2) is 0 Å². The average molecular weight is 212 g/mol. The Labute approximate surface area is 95.3 Å². The summed E-state index contributed by atoms with van der Waals surface area (Å²) in [4.78, 5) is 0. The Morgan fingerprint density at radius 2 is 1.60 bits per heavy atom. The zero-order valence-corrected chi connectivity index (χ0v) is 10.9. The summed E-state index contributed by atoms with van der Waals surface area (Å²) >= 11 is 0. The number of aliphatic hydroxyl groups is 1. The Balaban J connectivity index is 2.53. The van der Waals surface area contributed by atoms with Crippen molar-refractivity contribution in [3.63, 3.8) is 0 Å². The van der Waals surface area contributed by atoms with Crippen LogP contribution in [0.25, 0.3) is 0 Å². The van der Waals surface area contributed by atoms with Crippen LogP contribution in [0.1, 0.15) is 66.2 Å². The molecule has 0 unspecified atom stereocenters. The molecule has 0 amide bonds. The topological polar surface area (TPSA) is 20.2 Å². The molecule has 1 fully saturated rings. The van der Waals surface area contributed by atoms with Gasteiger partial charge < -0.3 is 5.11 Å². The van der Waals surface area contributed by atoms with Gasteiger partial charge in [0.15, 0.2) is 0 Å². The van der Waals surface area contributed by atoms with Crippen LogP contribution in [0.3, 0.4) is 0 Å². The van der Waals surface area contributed by atoms with Crippen molar-refractivity contribution in [3.8, 4) is 0 Å². The van der Waals surface area contributed by atoms with Gasteiger partial charge in [0.25, 0.3) is 0 Å². The van der Waals surface area contributed by atoms with Gasteiger partial charge in [0, 0.05) is 0 Å². The van der Waals surface area contributed by atoms with Gasteiger partial charge in [0.1, 0.15) is 0 Å². The fraction of sp³-hybridized carbons (Fsp3) is 1.00. The smallest absolute Gasteiger partial charge is 0.0675 e. The summed E-state index contributed by atoms with van der Waals surface area (Å²) in [5.74, 6) is 2.15. The van der Waals surface area contributed by atoms with E-state index in [1.807, 2.05) is 0 Å². The van der Waals surface area contributed by atoms with E-state index in [-0.39, 0.29) is 5.60 Å². The summed E-state index contributed by atoms with van der Waals surface area (Å²) in [7, 11) is 0. The maximum absolute atomic E-state index is 10.6. The van der Waals surface area contributed by atoms with Crippen molar-refractivity contribution in [2.24, 2.45) is 17.8 Å². The lowest BCUT2D eigenvalue weighted by molar-refractivity contribution is -0.0657. The largest absolute Gasteiger partial charge is 0.390 e. The molecule has 15 heavy (non-hydrogen) atoms. The second-order valence-corrected chi connectivity index (χ2v) is 5.70. The summed E-state index contributed by atoms with van der Waals surface area (Å²) < 4.78 is 0. The van der Waals surface area contributed by atoms with E-state index in [1.54, 1.807) is 0 Å². The summed E-state index contributed by atoms with van der Waals surface area (Å²) in [6.45, 7) is 9.04. The van der Waals surface area contributed by atoms with Crippen LogP contribution < -0.4 is 0 Å². The van der Waals surface area contributed by atoms with Crippen molar-refractivity contribution in [2.45, 2.75) is 71.8 Å². The quantitative estimate of drug-likeness (QED) is 0.747. The predicted molar refractivity (Wildman–Crippen MR) is 65.8 cm³/mol. The molecule has 90 valence electrons. The highest BCUT2D eigenvalue weighted by molar-refractivity contribution is 4.90. The predicted octanol–water partition coefficient (Wildman–Crippen LogP) is 4.00. The maximum Gasteiger partial charge on any atom is 0.0675 e. The minimum atomic E-state index is -0.338. The molecule has 0 aromatic heterocycles. The minimum Gasteiger partial charge on any atom is -0.390 e. The molecule has 1 nitrogen and oxygen atoms in total. The van der Waals surface area contributed by atoms with Crippen LogP contribution in [0, 0.1) is 17.8 Å². The average Bonchev–Trinajstić information content (AvgIpc) is 2.19. The van der Waals surface area contributed by atoms with Gasteiger partial charge in [-0.15, -0.1) is 0 Å². The Bertz CT molecular complexity index is 174. The van der Waals surface area contributed by atoms with Gasteiger partial charge in [0.2, 0.25) is 0 Å². The zero-order chi connectivity index (χ0) is 11.5. The first-order valence-corrected chi connectivity index (χ1v) is 6.75. The Hall–Kier alpha value is -0.0400. The molecule has 0 aliphatic heterocycles. The normalized spacial score (nSPS) is 32.6. The van der Waals surface area contributed by atoms with Gasteiger partial charge in [-0.2, -0.15) is 0 Å². The van der Waals surface area contributed by atoms with E-state index in [1.165, 1.54) is 12.8 Å². The van der Waals surface area contributed by atoms with E-state index >= 15 is 0 Å². The lowest BCUT2D eigenvalue weighted by Crippen LogP contribution is -2.41. The first-order chi connectivity index (χ1) is 7.03. The van der Waals surface area contributed by atoms with Crippen LogP contribution in [-0.4, -0.2) is 10.7 Å². The second-order valence-electron chi connectivity index (χ2n) is 5.70. The second kappa shape index (κ2) is 5.34. The first kappa shape index (κ1) is 13.0. The molecule has 0 radical (unpaired) electrons.